The van der Waals surface area contributed by atoms with E-state index in [1.807, 2.05) is 11.9 Å². The second-order valence-corrected chi connectivity index (χ2v) is 9.67. The molecule has 0 amide bonds. The van der Waals surface area contributed by atoms with Gasteiger partial charge in [-0.2, -0.15) is 0 Å². The number of allylic oxidation sites excluding steroid dienone is 1. The Kier molecular flexibility index (Phi) is 5.47. The van der Waals surface area contributed by atoms with Crippen LogP contribution in [0.25, 0.3) is 0 Å². The van der Waals surface area contributed by atoms with Crippen molar-refractivity contribution in [3.63, 3.8) is 0 Å². The van der Waals surface area contributed by atoms with E-state index in [9.17, 15) is 15.0 Å². The number of phenols is 1. The molecule has 0 aromatic heterocycles. The van der Waals surface area contributed by atoms with Crippen LogP contribution in [0.5, 0.6) is 5.75 Å². The van der Waals surface area contributed by atoms with Gasteiger partial charge in [-0.1, -0.05) is 44.1 Å². The first-order chi connectivity index (χ1) is 13.8. The van der Waals surface area contributed by atoms with Crippen LogP contribution in [0.15, 0.2) is 35.9 Å². The van der Waals surface area contributed by atoms with Crippen molar-refractivity contribution in [3.8, 4) is 5.75 Å². The number of aliphatic hydroxyl groups is 1. The lowest BCUT2D eigenvalue weighted by atomic mass is 9.59. The normalized spacial score (nSPS) is 34.9. The number of rotatable bonds is 5. The molecular formula is C24H33NO4. The Bertz CT molecular complexity index is 789. The molecule has 5 nitrogen and oxygen atoms in total. The lowest BCUT2D eigenvalue weighted by Crippen LogP contribution is -2.40. The Labute approximate surface area is 173 Å². The quantitative estimate of drug-likeness (QED) is 0.584. The SMILES string of the molecule is C[C@@H]1CCC[C@@]2(C)C[C@H]3OC(=O)[C@H](CN(C)C[C@H](O)c4ccc(O)cc4)[C@@H]3C=C12. The number of carbonyl (C=O) groups excluding carboxylic acids is 1. The highest BCUT2D eigenvalue weighted by atomic mass is 16.6. The van der Waals surface area contributed by atoms with E-state index in [2.05, 4.69) is 19.9 Å². The number of benzene rings is 1. The fourth-order valence-electron chi connectivity index (χ4n) is 5.77. The molecule has 1 aliphatic heterocycles. The third-order valence-electron chi connectivity index (χ3n) is 7.35. The Morgan fingerprint density at radius 1 is 1.31 bits per heavy atom. The molecule has 1 heterocycles. The number of fused-ring (bicyclic) bond motifs is 2. The average Bonchev–Trinajstić information content (AvgIpc) is 2.94. The summed E-state index contributed by atoms with van der Waals surface area (Å²) in [6, 6.07) is 6.61. The number of hydrogen-bond donors (Lipinski definition) is 2. The van der Waals surface area contributed by atoms with Crippen molar-refractivity contribution in [1.82, 2.24) is 4.90 Å². The molecule has 0 unspecified atom stereocenters. The molecule has 3 aliphatic rings. The van der Waals surface area contributed by atoms with Gasteiger partial charge in [0.05, 0.1) is 12.0 Å². The Hall–Kier alpha value is -1.85. The highest BCUT2D eigenvalue weighted by Crippen LogP contribution is 2.53. The van der Waals surface area contributed by atoms with Gasteiger partial charge in [0.2, 0.25) is 0 Å². The van der Waals surface area contributed by atoms with E-state index in [0.29, 0.717) is 19.0 Å². The Morgan fingerprint density at radius 2 is 2.03 bits per heavy atom. The minimum Gasteiger partial charge on any atom is -0.508 e. The smallest absolute Gasteiger partial charge is 0.311 e. The topological polar surface area (TPSA) is 70.0 Å². The van der Waals surface area contributed by atoms with Crippen LogP contribution >= 0.6 is 0 Å². The predicted octanol–water partition coefficient (Wildman–Crippen LogP) is 3.67. The molecule has 0 spiro atoms. The van der Waals surface area contributed by atoms with Crippen LogP contribution in [-0.4, -0.2) is 47.3 Å². The fraction of sp³-hybridized carbons (Fsp3) is 0.625. The van der Waals surface area contributed by atoms with E-state index in [0.717, 1.165) is 12.0 Å². The maximum absolute atomic E-state index is 12.7. The Balaban J connectivity index is 1.45. The lowest BCUT2D eigenvalue weighted by molar-refractivity contribution is -0.145. The van der Waals surface area contributed by atoms with E-state index in [1.54, 1.807) is 24.3 Å². The molecule has 1 saturated carbocycles. The fourth-order valence-corrected chi connectivity index (χ4v) is 5.77. The number of esters is 1. The first kappa shape index (κ1) is 20.4. The van der Waals surface area contributed by atoms with E-state index < -0.39 is 6.10 Å². The average molecular weight is 400 g/mol. The molecule has 0 bridgehead atoms. The first-order valence-electron chi connectivity index (χ1n) is 10.8. The van der Waals surface area contributed by atoms with Crippen LogP contribution < -0.4 is 0 Å². The molecule has 2 aliphatic carbocycles. The van der Waals surface area contributed by atoms with Gasteiger partial charge in [0.1, 0.15) is 11.9 Å². The highest BCUT2D eigenvalue weighted by Gasteiger charge is 2.51. The van der Waals surface area contributed by atoms with Crippen LogP contribution in [0.4, 0.5) is 0 Å². The van der Waals surface area contributed by atoms with Crippen molar-refractivity contribution in [2.75, 3.05) is 20.1 Å². The van der Waals surface area contributed by atoms with Crippen molar-refractivity contribution in [2.45, 2.75) is 51.7 Å². The summed E-state index contributed by atoms with van der Waals surface area (Å²) in [6.07, 6.45) is 6.31. The van der Waals surface area contributed by atoms with Crippen molar-refractivity contribution in [3.05, 3.63) is 41.5 Å². The summed E-state index contributed by atoms with van der Waals surface area (Å²) in [7, 11) is 1.94. The molecule has 5 heteroatoms. The number of aliphatic hydroxyl groups excluding tert-OH is 1. The molecule has 1 saturated heterocycles. The summed E-state index contributed by atoms with van der Waals surface area (Å²) in [5.74, 6) is 0.628. The van der Waals surface area contributed by atoms with Crippen LogP contribution in [0.2, 0.25) is 0 Å². The van der Waals surface area contributed by atoms with E-state index in [-0.39, 0.29) is 35.1 Å². The van der Waals surface area contributed by atoms with E-state index in [1.165, 1.54) is 24.8 Å². The zero-order valence-electron chi connectivity index (χ0n) is 17.7. The van der Waals surface area contributed by atoms with E-state index in [4.69, 9.17) is 4.74 Å². The predicted molar refractivity (Wildman–Crippen MR) is 111 cm³/mol. The van der Waals surface area contributed by atoms with Crippen LogP contribution in [0.1, 0.15) is 51.2 Å². The molecule has 6 atom stereocenters. The summed E-state index contributed by atoms with van der Waals surface area (Å²) in [6.45, 7) is 5.66. The summed E-state index contributed by atoms with van der Waals surface area (Å²) in [5.41, 5.74) is 2.46. The van der Waals surface area contributed by atoms with Gasteiger partial charge in [0, 0.05) is 19.0 Å². The van der Waals surface area contributed by atoms with Crippen molar-refractivity contribution >= 4 is 5.97 Å². The molecule has 1 aromatic rings. The highest BCUT2D eigenvalue weighted by molar-refractivity contribution is 5.76. The van der Waals surface area contributed by atoms with E-state index >= 15 is 0 Å². The maximum Gasteiger partial charge on any atom is 0.311 e. The zero-order chi connectivity index (χ0) is 20.8. The van der Waals surface area contributed by atoms with Crippen molar-refractivity contribution < 1.29 is 19.7 Å². The molecular weight excluding hydrogens is 366 g/mol. The minimum atomic E-state index is -0.666. The lowest BCUT2D eigenvalue weighted by Gasteiger charge is -2.46. The number of aromatic hydroxyl groups is 1. The van der Waals surface area contributed by atoms with Crippen LogP contribution in [0, 0.1) is 23.2 Å². The van der Waals surface area contributed by atoms with Crippen LogP contribution in [0.3, 0.4) is 0 Å². The third kappa shape index (κ3) is 3.95. The van der Waals surface area contributed by atoms with Crippen LogP contribution in [-0.2, 0) is 9.53 Å². The zero-order valence-corrected chi connectivity index (χ0v) is 17.7. The number of nitrogens with zero attached hydrogens (tertiary/aromatic N) is 1. The first-order valence-corrected chi connectivity index (χ1v) is 10.8. The van der Waals surface area contributed by atoms with Gasteiger partial charge in [0.15, 0.2) is 0 Å². The Morgan fingerprint density at radius 3 is 2.76 bits per heavy atom. The van der Waals surface area contributed by atoms with Gasteiger partial charge in [-0.3, -0.25) is 4.79 Å². The molecule has 29 heavy (non-hydrogen) atoms. The standard InChI is InChI=1S/C24H33NO4/c1-15-5-4-10-24(2)12-22-18(11-20(15)24)19(23(28)29-22)13-25(3)14-21(27)16-6-8-17(26)9-7-16/h6-9,11,15,18-19,21-22,26-27H,4-5,10,12-14H2,1-3H3/t15-,18+,19-,21+,22-,24+/m1/s1. The number of likely N-dealkylation sites (N-methyl/N-ethyl adjacent to an activating group) is 1. The molecule has 2 fully saturated rings. The largest absolute Gasteiger partial charge is 0.508 e. The van der Waals surface area contributed by atoms with Crippen molar-refractivity contribution in [2.24, 2.45) is 23.2 Å². The molecule has 4 rings (SSSR count). The second-order valence-electron chi connectivity index (χ2n) is 9.67. The van der Waals surface area contributed by atoms with Gasteiger partial charge >= 0.3 is 5.97 Å². The maximum atomic E-state index is 12.7. The molecule has 0 radical (unpaired) electrons. The van der Waals surface area contributed by atoms with Gasteiger partial charge in [-0.15, -0.1) is 0 Å². The summed E-state index contributed by atoms with van der Waals surface area (Å²) < 4.78 is 5.83. The number of hydrogen-bond acceptors (Lipinski definition) is 5. The van der Waals surface area contributed by atoms with Gasteiger partial charge < -0.3 is 19.8 Å². The second kappa shape index (κ2) is 7.77. The summed E-state index contributed by atoms with van der Waals surface area (Å²) in [5, 5.41) is 19.9. The summed E-state index contributed by atoms with van der Waals surface area (Å²) in [4.78, 5) is 14.7. The molecule has 1 aromatic carbocycles. The van der Waals surface area contributed by atoms with Gasteiger partial charge in [0.25, 0.3) is 0 Å². The third-order valence-corrected chi connectivity index (χ3v) is 7.35. The van der Waals surface area contributed by atoms with Gasteiger partial charge in [-0.25, -0.2) is 0 Å². The van der Waals surface area contributed by atoms with Gasteiger partial charge in [-0.05, 0) is 55.3 Å². The molecule has 158 valence electrons. The summed E-state index contributed by atoms with van der Waals surface area (Å²) >= 11 is 0. The number of phenolic OH excluding ortho intramolecular Hbond substituents is 1. The monoisotopic (exact) mass is 399 g/mol. The van der Waals surface area contributed by atoms with Crippen molar-refractivity contribution in [1.29, 1.82) is 0 Å². The molecule has 2 N–H and O–H groups in total. The minimum absolute atomic E-state index is 0.0121. The number of carbonyl (C=O) groups is 1. The number of ether oxygens (including phenoxy) is 1.